The topological polar surface area (TPSA) is 82.6 Å². The first-order valence-corrected chi connectivity index (χ1v) is 13.7. The lowest BCUT2D eigenvalue weighted by molar-refractivity contribution is 0.0626. The van der Waals surface area contributed by atoms with Crippen molar-refractivity contribution < 1.29 is 22.0 Å². The molecule has 1 aliphatic heterocycles. The van der Waals surface area contributed by atoms with Crippen LogP contribution >= 0.6 is 11.6 Å². The fourth-order valence-electron chi connectivity index (χ4n) is 4.41. The normalized spacial score (nSPS) is 14.6. The van der Waals surface area contributed by atoms with Crippen molar-refractivity contribution in [3.05, 3.63) is 101 Å². The highest BCUT2D eigenvalue weighted by Crippen LogP contribution is 2.25. The van der Waals surface area contributed by atoms with Gasteiger partial charge in [0.05, 0.1) is 11.2 Å². The molecule has 4 aromatic rings. The van der Waals surface area contributed by atoms with E-state index >= 15 is 0 Å². The monoisotopic (exact) mass is 556 g/mol. The highest BCUT2D eigenvalue weighted by Gasteiger charge is 2.25. The smallest absolute Gasteiger partial charge is 0.264 e. The van der Waals surface area contributed by atoms with Crippen molar-refractivity contribution >= 4 is 44.1 Å². The second kappa shape index (κ2) is 10.6. The van der Waals surface area contributed by atoms with Gasteiger partial charge < -0.3 is 4.90 Å². The molecule has 0 radical (unpaired) electrons. The molecule has 1 N–H and O–H groups in total. The Kier molecular flexibility index (Phi) is 7.29. The van der Waals surface area contributed by atoms with Crippen molar-refractivity contribution in [3.8, 4) is 0 Å². The molecule has 1 saturated heterocycles. The number of pyridine rings is 1. The standard InChI is InChI=1S/C27H23ClF2N4O3S/c28-21-8-6-20(22(29)16-21)17-33-11-13-34(14-12-33)27(35)19-7-9-24(23(30)15-19)32-38(36,37)25-5-1-3-18-4-2-10-31-26(18)25/h1-10,15-16,32H,11-14,17H2. The molecule has 0 atom stereocenters. The van der Waals surface area contributed by atoms with Crippen LogP contribution in [-0.4, -0.2) is 55.3 Å². The molecular formula is C27H23ClF2N4O3S. The molecule has 1 amide bonds. The van der Waals surface area contributed by atoms with Crippen LogP contribution in [-0.2, 0) is 16.6 Å². The van der Waals surface area contributed by atoms with Crippen LogP contribution in [0.15, 0.2) is 77.8 Å². The van der Waals surface area contributed by atoms with E-state index in [9.17, 15) is 22.0 Å². The van der Waals surface area contributed by atoms with Crippen LogP contribution in [0, 0.1) is 11.6 Å². The third-order valence-electron chi connectivity index (χ3n) is 6.41. The number of anilines is 1. The highest BCUT2D eigenvalue weighted by atomic mass is 35.5. The first kappa shape index (κ1) is 26.0. The number of benzene rings is 3. The van der Waals surface area contributed by atoms with Gasteiger partial charge in [-0.05, 0) is 42.5 Å². The Labute approximate surface area is 223 Å². The maximum absolute atomic E-state index is 14.9. The molecular weight excluding hydrogens is 534 g/mol. The van der Waals surface area contributed by atoms with Crippen molar-refractivity contribution in [2.75, 3.05) is 30.9 Å². The first-order chi connectivity index (χ1) is 18.2. The summed E-state index contributed by atoms with van der Waals surface area (Å²) in [5, 5.41) is 0.966. The van der Waals surface area contributed by atoms with Gasteiger partial charge in [0, 0.05) is 60.5 Å². The number of carbonyl (C=O) groups excluding carboxylic acids is 1. The molecule has 7 nitrogen and oxygen atoms in total. The summed E-state index contributed by atoms with van der Waals surface area (Å²) in [5.41, 5.74) is 0.625. The number of halogens is 3. The lowest BCUT2D eigenvalue weighted by Gasteiger charge is -2.35. The van der Waals surface area contributed by atoms with E-state index < -0.39 is 15.8 Å². The molecule has 2 heterocycles. The number of para-hydroxylation sites is 1. The predicted molar refractivity (Wildman–Crippen MR) is 142 cm³/mol. The molecule has 1 aromatic heterocycles. The molecule has 5 rings (SSSR count). The molecule has 0 aliphatic carbocycles. The summed E-state index contributed by atoms with van der Waals surface area (Å²) in [6, 6.07) is 16.3. The van der Waals surface area contributed by atoms with Crippen molar-refractivity contribution in [2.45, 2.75) is 11.4 Å². The Morgan fingerprint density at radius 3 is 2.45 bits per heavy atom. The zero-order valence-electron chi connectivity index (χ0n) is 20.1. The van der Waals surface area contributed by atoms with Crippen LogP contribution in [0.3, 0.4) is 0 Å². The van der Waals surface area contributed by atoms with E-state index in [0.29, 0.717) is 48.7 Å². The molecule has 0 spiro atoms. The number of sulfonamides is 1. The van der Waals surface area contributed by atoms with Crippen LogP contribution in [0.5, 0.6) is 0 Å². The minimum atomic E-state index is -4.14. The number of hydrogen-bond donors (Lipinski definition) is 1. The number of amides is 1. The van der Waals surface area contributed by atoms with E-state index in [4.69, 9.17) is 11.6 Å². The van der Waals surface area contributed by atoms with Gasteiger partial charge in [0.25, 0.3) is 15.9 Å². The van der Waals surface area contributed by atoms with E-state index in [1.54, 1.807) is 41.3 Å². The van der Waals surface area contributed by atoms with Crippen LogP contribution in [0.1, 0.15) is 15.9 Å². The Morgan fingerprint density at radius 1 is 0.947 bits per heavy atom. The summed E-state index contributed by atoms with van der Waals surface area (Å²) in [6.07, 6.45) is 1.48. The average molecular weight is 557 g/mol. The van der Waals surface area contributed by atoms with Gasteiger partial charge in [-0.3, -0.25) is 19.4 Å². The second-order valence-electron chi connectivity index (χ2n) is 8.94. The number of carbonyl (C=O) groups is 1. The van der Waals surface area contributed by atoms with Gasteiger partial charge in [0.1, 0.15) is 16.5 Å². The summed E-state index contributed by atoms with van der Waals surface area (Å²) in [7, 11) is -4.14. The van der Waals surface area contributed by atoms with Crippen molar-refractivity contribution in [2.24, 2.45) is 0 Å². The largest absolute Gasteiger partial charge is 0.336 e. The Hall–Kier alpha value is -3.60. The average Bonchev–Trinajstić information content (AvgIpc) is 2.91. The quantitative estimate of drug-likeness (QED) is 0.364. The predicted octanol–water partition coefficient (Wildman–Crippen LogP) is 4.93. The molecule has 0 bridgehead atoms. The van der Waals surface area contributed by atoms with Gasteiger partial charge in [0.2, 0.25) is 0 Å². The van der Waals surface area contributed by atoms with E-state index in [1.807, 2.05) is 4.90 Å². The Balaban J connectivity index is 1.25. The number of nitrogens with zero attached hydrogens (tertiary/aromatic N) is 3. The minimum Gasteiger partial charge on any atom is -0.336 e. The third kappa shape index (κ3) is 5.47. The fraction of sp³-hybridized carbons (Fsp3) is 0.185. The van der Waals surface area contributed by atoms with E-state index in [1.165, 1.54) is 30.5 Å². The third-order valence-corrected chi connectivity index (χ3v) is 8.05. The molecule has 0 saturated carbocycles. The summed E-state index contributed by atoms with van der Waals surface area (Å²) >= 11 is 5.81. The zero-order chi connectivity index (χ0) is 26.9. The maximum Gasteiger partial charge on any atom is 0.264 e. The van der Waals surface area contributed by atoms with Crippen molar-refractivity contribution in [1.29, 1.82) is 0 Å². The summed E-state index contributed by atoms with van der Waals surface area (Å²) in [5.74, 6) is -1.61. The first-order valence-electron chi connectivity index (χ1n) is 11.8. The summed E-state index contributed by atoms with van der Waals surface area (Å²) < 4.78 is 57.3. The molecule has 0 unspecified atom stereocenters. The Bertz CT molecular complexity index is 1620. The van der Waals surface area contributed by atoms with E-state index in [2.05, 4.69) is 9.71 Å². The molecule has 196 valence electrons. The van der Waals surface area contributed by atoms with Gasteiger partial charge in [0.15, 0.2) is 0 Å². The number of nitrogens with one attached hydrogen (secondary N) is 1. The van der Waals surface area contributed by atoms with Crippen LogP contribution < -0.4 is 4.72 Å². The molecule has 38 heavy (non-hydrogen) atoms. The lowest BCUT2D eigenvalue weighted by Crippen LogP contribution is -2.48. The molecule has 3 aromatic carbocycles. The zero-order valence-corrected chi connectivity index (χ0v) is 21.6. The van der Waals surface area contributed by atoms with Gasteiger partial charge in [-0.25, -0.2) is 17.2 Å². The Morgan fingerprint density at radius 2 is 1.71 bits per heavy atom. The molecule has 1 aliphatic rings. The highest BCUT2D eigenvalue weighted by molar-refractivity contribution is 7.93. The molecule has 1 fully saturated rings. The van der Waals surface area contributed by atoms with Crippen LogP contribution in [0.2, 0.25) is 5.02 Å². The van der Waals surface area contributed by atoms with E-state index in [0.717, 1.165) is 6.07 Å². The second-order valence-corrected chi connectivity index (χ2v) is 11.0. The number of rotatable bonds is 6. The van der Waals surface area contributed by atoms with Crippen molar-refractivity contribution in [3.63, 3.8) is 0 Å². The number of fused-ring (bicyclic) bond motifs is 1. The summed E-state index contributed by atoms with van der Waals surface area (Å²) in [4.78, 5) is 20.7. The van der Waals surface area contributed by atoms with Gasteiger partial charge in [-0.2, -0.15) is 0 Å². The van der Waals surface area contributed by atoms with Crippen LogP contribution in [0.25, 0.3) is 10.9 Å². The van der Waals surface area contributed by atoms with Gasteiger partial charge in [-0.1, -0.05) is 35.9 Å². The van der Waals surface area contributed by atoms with Gasteiger partial charge in [-0.15, -0.1) is 0 Å². The maximum atomic E-state index is 14.9. The number of piperazine rings is 1. The van der Waals surface area contributed by atoms with Crippen LogP contribution in [0.4, 0.5) is 14.5 Å². The van der Waals surface area contributed by atoms with E-state index in [-0.39, 0.29) is 33.4 Å². The SMILES string of the molecule is O=C(c1ccc(NS(=O)(=O)c2cccc3cccnc23)c(F)c1)N1CCN(Cc2ccc(Cl)cc2F)CC1. The van der Waals surface area contributed by atoms with Crippen molar-refractivity contribution in [1.82, 2.24) is 14.8 Å². The minimum absolute atomic E-state index is 0.0773. The molecule has 11 heteroatoms. The fourth-order valence-corrected chi connectivity index (χ4v) is 5.81. The number of hydrogen-bond acceptors (Lipinski definition) is 5. The lowest BCUT2D eigenvalue weighted by atomic mass is 10.1. The summed E-state index contributed by atoms with van der Waals surface area (Å²) in [6.45, 7) is 2.21. The number of aromatic nitrogens is 1. The van der Waals surface area contributed by atoms with Gasteiger partial charge >= 0.3 is 0 Å².